The van der Waals surface area contributed by atoms with E-state index in [9.17, 15) is 18.0 Å². The fourth-order valence-corrected chi connectivity index (χ4v) is 5.73. The molecule has 0 aliphatic heterocycles. The topological polar surface area (TPSA) is 96.0 Å². The summed E-state index contributed by atoms with van der Waals surface area (Å²) in [4.78, 5) is 29.1. The monoisotopic (exact) mass is 593 g/mol. The Balaban J connectivity index is 1.89. The van der Waals surface area contributed by atoms with Crippen LogP contribution in [0.1, 0.15) is 48.4 Å². The highest BCUT2D eigenvalue weighted by molar-refractivity contribution is 7.92. The maximum absolute atomic E-state index is 13.9. The molecule has 3 aromatic rings. The largest absolute Gasteiger partial charge is 0.497 e. The van der Waals surface area contributed by atoms with Crippen LogP contribution in [0.5, 0.6) is 5.75 Å². The SMILES string of the molecule is CCCNC(=O)C(Cc1ccccc1)N(Cc1cccc(OC)c1)C(=O)CCCN(c1ccc(C)c(C)c1)S(C)(=O)=O. The van der Waals surface area contributed by atoms with Crippen LogP contribution in [-0.2, 0) is 32.6 Å². The third kappa shape index (κ3) is 9.34. The minimum absolute atomic E-state index is 0.0766. The van der Waals surface area contributed by atoms with Gasteiger partial charge in [-0.1, -0.05) is 55.5 Å². The molecule has 1 atom stereocenters. The van der Waals surface area contributed by atoms with Crippen molar-refractivity contribution < 1.29 is 22.7 Å². The number of nitrogens with one attached hydrogen (secondary N) is 1. The second-order valence-corrected chi connectivity index (χ2v) is 12.5. The fraction of sp³-hybridized carbons (Fsp3) is 0.394. The first-order valence-corrected chi connectivity index (χ1v) is 16.2. The molecule has 0 aliphatic rings. The van der Waals surface area contributed by atoms with E-state index in [0.29, 0.717) is 30.8 Å². The molecule has 0 aromatic heterocycles. The van der Waals surface area contributed by atoms with Crippen molar-refractivity contribution in [3.8, 4) is 5.75 Å². The number of amides is 2. The lowest BCUT2D eigenvalue weighted by Gasteiger charge is -2.32. The van der Waals surface area contributed by atoms with Crippen molar-refractivity contribution in [2.45, 2.75) is 59.0 Å². The lowest BCUT2D eigenvalue weighted by molar-refractivity contribution is -0.141. The quantitative estimate of drug-likeness (QED) is 0.267. The van der Waals surface area contributed by atoms with Gasteiger partial charge in [0.1, 0.15) is 11.8 Å². The third-order valence-electron chi connectivity index (χ3n) is 7.24. The highest BCUT2D eigenvalue weighted by Crippen LogP contribution is 2.23. The Hall–Kier alpha value is -3.85. The summed E-state index contributed by atoms with van der Waals surface area (Å²) in [6.07, 6.45) is 2.67. The summed E-state index contributed by atoms with van der Waals surface area (Å²) in [7, 11) is -1.99. The first-order chi connectivity index (χ1) is 20.0. The summed E-state index contributed by atoms with van der Waals surface area (Å²) in [5, 5.41) is 2.98. The highest BCUT2D eigenvalue weighted by atomic mass is 32.2. The molecule has 226 valence electrons. The maximum atomic E-state index is 13.9. The number of carbonyl (C=O) groups is 2. The Morgan fingerprint density at radius 3 is 2.29 bits per heavy atom. The van der Waals surface area contributed by atoms with Gasteiger partial charge in [-0.2, -0.15) is 0 Å². The van der Waals surface area contributed by atoms with Gasteiger partial charge in [0.15, 0.2) is 0 Å². The molecule has 8 nitrogen and oxygen atoms in total. The Bertz CT molecular complexity index is 1440. The summed E-state index contributed by atoms with van der Waals surface area (Å²) in [6.45, 7) is 6.75. The number of rotatable bonds is 15. The lowest BCUT2D eigenvalue weighted by Crippen LogP contribution is -2.50. The molecule has 3 aromatic carbocycles. The zero-order valence-corrected chi connectivity index (χ0v) is 26.1. The van der Waals surface area contributed by atoms with E-state index in [2.05, 4.69) is 5.32 Å². The number of aryl methyl sites for hydroxylation is 2. The van der Waals surface area contributed by atoms with Crippen LogP contribution in [0.2, 0.25) is 0 Å². The summed E-state index contributed by atoms with van der Waals surface area (Å²) in [5.41, 5.74) is 4.40. The molecule has 0 bridgehead atoms. The van der Waals surface area contributed by atoms with Crippen molar-refractivity contribution in [1.82, 2.24) is 10.2 Å². The van der Waals surface area contributed by atoms with E-state index in [-0.39, 0.29) is 31.3 Å². The summed E-state index contributed by atoms with van der Waals surface area (Å²) in [5.74, 6) is 0.218. The first-order valence-electron chi connectivity index (χ1n) is 14.3. The van der Waals surface area contributed by atoms with Gasteiger partial charge in [-0.25, -0.2) is 8.42 Å². The van der Waals surface area contributed by atoms with Gasteiger partial charge in [0.25, 0.3) is 0 Å². The number of methoxy groups -OCH3 is 1. The second-order valence-electron chi connectivity index (χ2n) is 10.6. The summed E-state index contributed by atoms with van der Waals surface area (Å²) in [6, 6.07) is 21.9. The normalized spacial score (nSPS) is 11.9. The molecule has 0 spiro atoms. The predicted octanol–water partition coefficient (Wildman–Crippen LogP) is 5.02. The van der Waals surface area contributed by atoms with Crippen LogP contribution in [0.4, 0.5) is 5.69 Å². The number of nitrogens with zero attached hydrogens (tertiary/aromatic N) is 2. The van der Waals surface area contributed by atoms with Gasteiger partial charge < -0.3 is 15.0 Å². The van der Waals surface area contributed by atoms with Crippen LogP contribution in [0.3, 0.4) is 0 Å². The fourth-order valence-electron chi connectivity index (χ4n) is 4.77. The van der Waals surface area contributed by atoms with Crippen LogP contribution in [0.15, 0.2) is 72.8 Å². The van der Waals surface area contributed by atoms with Gasteiger partial charge in [-0.05, 0) is 73.2 Å². The number of hydrogen-bond donors (Lipinski definition) is 1. The van der Waals surface area contributed by atoms with Crippen LogP contribution >= 0.6 is 0 Å². The van der Waals surface area contributed by atoms with E-state index >= 15 is 0 Å². The third-order valence-corrected chi connectivity index (χ3v) is 8.43. The van der Waals surface area contributed by atoms with Crippen molar-refractivity contribution >= 4 is 27.5 Å². The van der Waals surface area contributed by atoms with Gasteiger partial charge in [0, 0.05) is 32.5 Å². The average molecular weight is 594 g/mol. The predicted molar refractivity (Wildman–Crippen MR) is 168 cm³/mol. The average Bonchev–Trinajstić information content (AvgIpc) is 2.97. The van der Waals surface area contributed by atoms with Crippen molar-refractivity contribution in [2.75, 3.05) is 30.8 Å². The molecule has 2 amide bonds. The number of ether oxygens (including phenoxy) is 1. The second kappa shape index (κ2) is 15.4. The number of anilines is 1. The molecule has 3 rings (SSSR count). The Kier molecular flexibility index (Phi) is 12.0. The van der Waals surface area contributed by atoms with E-state index in [4.69, 9.17) is 4.74 Å². The maximum Gasteiger partial charge on any atom is 0.243 e. The van der Waals surface area contributed by atoms with Crippen molar-refractivity contribution in [3.05, 3.63) is 95.1 Å². The van der Waals surface area contributed by atoms with E-state index in [1.165, 1.54) is 10.6 Å². The number of benzene rings is 3. The van der Waals surface area contributed by atoms with E-state index in [1.54, 1.807) is 18.1 Å². The Morgan fingerprint density at radius 2 is 1.64 bits per heavy atom. The minimum atomic E-state index is -3.57. The van der Waals surface area contributed by atoms with E-state index < -0.39 is 16.1 Å². The molecule has 0 aliphatic carbocycles. The zero-order chi connectivity index (χ0) is 30.7. The number of hydrogen-bond acceptors (Lipinski definition) is 5. The summed E-state index contributed by atoms with van der Waals surface area (Å²) >= 11 is 0. The molecule has 0 saturated heterocycles. The van der Waals surface area contributed by atoms with Crippen LogP contribution in [0, 0.1) is 13.8 Å². The van der Waals surface area contributed by atoms with Gasteiger partial charge in [-0.3, -0.25) is 13.9 Å². The molecule has 0 heterocycles. The molecule has 1 N–H and O–H groups in total. The highest BCUT2D eigenvalue weighted by Gasteiger charge is 2.30. The van der Waals surface area contributed by atoms with Gasteiger partial charge >= 0.3 is 0 Å². The van der Waals surface area contributed by atoms with Crippen LogP contribution < -0.4 is 14.4 Å². The van der Waals surface area contributed by atoms with Gasteiger partial charge in [0.05, 0.1) is 19.1 Å². The Labute approximate surface area is 250 Å². The van der Waals surface area contributed by atoms with Crippen LogP contribution in [-0.4, -0.2) is 57.6 Å². The van der Waals surface area contributed by atoms with E-state index in [0.717, 1.165) is 28.7 Å². The number of carbonyl (C=O) groups excluding carboxylic acids is 2. The molecule has 0 radical (unpaired) electrons. The van der Waals surface area contributed by atoms with Gasteiger partial charge in [-0.15, -0.1) is 0 Å². The van der Waals surface area contributed by atoms with Crippen LogP contribution in [0.25, 0.3) is 0 Å². The molecular weight excluding hydrogens is 550 g/mol. The van der Waals surface area contributed by atoms with Crippen molar-refractivity contribution in [3.63, 3.8) is 0 Å². The Morgan fingerprint density at radius 1 is 0.929 bits per heavy atom. The smallest absolute Gasteiger partial charge is 0.243 e. The molecule has 42 heavy (non-hydrogen) atoms. The summed E-state index contributed by atoms with van der Waals surface area (Å²) < 4.78 is 32.1. The van der Waals surface area contributed by atoms with Crippen molar-refractivity contribution in [2.24, 2.45) is 0 Å². The molecule has 0 saturated carbocycles. The lowest BCUT2D eigenvalue weighted by atomic mass is 10.0. The molecule has 1 unspecified atom stereocenters. The van der Waals surface area contributed by atoms with E-state index in [1.807, 2.05) is 87.5 Å². The molecule has 9 heteroatoms. The molecule has 0 fully saturated rings. The first kappa shape index (κ1) is 32.7. The van der Waals surface area contributed by atoms with Gasteiger partial charge in [0.2, 0.25) is 21.8 Å². The van der Waals surface area contributed by atoms with Crippen molar-refractivity contribution in [1.29, 1.82) is 0 Å². The molecular formula is C33H43N3O5S. The zero-order valence-electron chi connectivity index (χ0n) is 25.3. The standard InChI is InChI=1S/C33H43N3O5S/c1-6-19-34-33(38)31(23-27-12-8-7-9-13-27)35(24-28-14-10-15-30(22-28)41-4)32(37)16-11-20-36(42(5,39)40)29-18-17-25(2)26(3)21-29/h7-10,12-15,17-18,21-22,31H,6,11,16,19-20,23-24H2,1-5H3,(H,34,38). The minimum Gasteiger partial charge on any atom is -0.497 e. The number of sulfonamides is 1.